The van der Waals surface area contributed by atoms with Gasteiger partial charge < -0.3 is 20.4 Å². The molecule has 2 aromatic carbocycles. The van der Waals surface area contributed by atoms with E-state index in [4.69, 9.17) is 0 Å². The molecule has 1 aliphatic rings. The van der Waals surface area contributed by atoms with Gasteiger partial charge in [-0.15, -0.1) is 0 Å². The summed E-state index contributed by atoms with van der Waals surface area (Å²) in [6, 6.07) is 14.7. The van der Waals surface area contributed by atoms with Crippen LogP contribution in [0.2, 0.25) is 0 Å². The molecule has 154 valence electrons. The summed E-state index contributed by atoms with van der Waals surface area (Å²) < 4.78 is 0. The van der Waals surface area contributed by atoms with Gasteiger partial charge in [0.2, 0.25) is 0 Å². The van der Waals surface area contributed by atoms with Crippen molar-refractivity contribution >= 4 is 23.2 Å². The minimum atomic E-state index is -0.188. The largest absolute Gasteiger partial charge is 0.369 e. The summed E-state index contributed by atoms with van der Waals surface area (Å²) in [5, 5.41) is 5.79. The minimum absolute atomic E-state index is 0.120. The lowest BCUT2D eigenvalue weighted by Crippen LogP contribution is -2.44. The first-order valence-electron chi connectivity index (χ1n) is 10.2. The molecule has 0 saturated carbocycles. The quantitative estimate of drug-likeness (QED) is 0.790. The molecule has 0 spiro atoms. The summed E-state index contributed by atoms with van der Waals surface area (Å²) in [5.41, 5.74) is 3.01. The SMILES string of the molecule is CC(C)CNC(=O)c1ccc(C(=O)Nc2ccc(N3CCN(C)CC3)cc2)cc1. The van der Waals surface area contributed by atoms with Crippen molar-refractivity contribution in [2.45, 2.75) is 13.8 Å². The van der Waals surface area contributed by atoms with E-state index in [1.807, 2.05) is 38.1 Å². The number of hydrogen-bond donors (Lipinski definition) is 2. The number of benzene rings is 2. The van der Waals surface area contributed by atoms with Crippen molar-refractivity contribution in [1.29, 1.82) is 0 Å². The van der Waals surface area contributed by atoms with Crippen molar-refractivity contribution in [3.63, 3.8) is 0 Å². The Hall–Kier alpha value is -2.86. The standard InChI is InChI=1S/C23H30N4O2/c1-17(2)16-24-22(28)18-4-6-19(7-5-18)23(29)25-20-8-10-21(11-9-20)27-14-12-26(3)13-15-27/h4-11,17H,12-16H2,1-3H3,(H,24,28)(H,25,29). The summed E-state index contributed by atoms with van der Waals surface area (Å²) in [5.74, 6) is 0.0864. The molecule has 6 nitrogen and oxygen atoms in total. The fraction of sp³-hybridized carbons (Fsp3) is 0.391. The summed E-state index contributed by atoms with van der Waals surface area (Å²) in [4.78, 5) is 29.3. The second-order valence-corrected chi connectivity index (χ2v) is 7.97. The van der Waals surface area contributed by atoms with E-state index in [9.17, 15) is 9.59 Å². The number of nitrogens with zero attached hydrogens (tertiary/aromatic N) is 2. The molecule has 0 aromatic heterocycles. The van der Waals surface area contributed by atoms with Gasteiger partial charge in [0, 0.05) is 55.2 Å². The fourth-order valence-corrected chi connectivity index (χ4v) is 3.20. The maximum atomic E-state index is 12.5. The number of rotatable bonds is 6. The summed E-state index contributed by atoms with van der Waals surface area (Å²) in [6.45, 7) is 8.87. The van der Waals surface area contributed by atoms with Crippen LogP contribution in [-0.2, 0) is 0 Å². The van der Waals surface area contributed by atoms with Crippen molar-refractivity contribution < 1.29 is 9.59 Å². The van der Waals surface area contributed by atoms with E-state index in [2.05, 4.69) is 27.5 Å². The molecule has 0 atom stereocenters. The molecule has 0 aliphatic carbocycles. The number of nitrogens with one attached hydrogen (secondary N) is 2. The normalized spacial score (nSPS) is 14.7. The van der Waals surface area contributed by atoms with E-state index in [0.717, 1.165) is 31.9 Å². The maximum absolute atomic E-state index is 12.5. The van der Waals surface area contributed by atoms with Gasteiger partial charge in [-0.25, -0.2) is 0 Å². The molecule has 2 aromatic rings. The van der Waals surface area contributed by atoms with Crippen LogP contribution in [-0.4, -0.2) is 56.5 Å². The van der Waals surface area contributed by atoms with Gasteiger partial charge in [-0.1, -0.05) is 13.8 Å². The van der Waals surface area contributed by atoms with Crippen LogP contribution in [0, 0.1) is 5.92 Å². The average molecular weight is 395 g/mol. The van der Waals surface area contributed by atoms with Gasteiger partial charge in [0.25, 0.3) is 11.8 Å². The van der Waals surface area contributed by atoms with E-state index in [1.54, 1.807) is 24.3 Å². The second kappa shape index (κ2) is 9.56. The molecule has 1 heterocycles. The molecule has 0 unspecified atom stereocenters. The molecular weight excluding hydrogens is 364 g/mol. The summed E-state index contributed by atoms with van der Waals surface area (Å²) >= 11 is 0. The summed E-state index contributed by atoms with van der Waals surface area (Å²) in [7, 11) is 2.14. The first-order valence-corrected chi connectivity index (χ1v) is 10.2. The maximum Gasteiger partial charge on any atom is 0.255 e. The highest BCUT2D eigenvalue weighted by atomic mass is 16.2. The van der Waals surface area contributed by atoms with E-state index >= 15 is 0 Å². The fourth-order valence-electron chi connectivity index (χ4n) is 3.20. The Morgan fingerprint density at radius 1 is 0.862 bits per heavy atom. The highest BCUT2D eigenvalue weighted by Gasteiger charge is 2.14. The molecule has 3 rings (SSSR count). The highest BCUT2D eigenvalue weighted by molar-refractivity contribution is 6.05. The van der Waals surface area contributed by atoms with Gasteiger partial charge in [-0.2, -0.15) is 0 Å². The van der Waals surface area contributed by atoms with Gasteiger partial charge in [0.1, 0.15) is 0 Å². The van der Waals surface area contributed by atoms with Crippen LogP contribution in [0.3, 0.4) is 0 Å². The number of hydrogen-bond acceptors (Lipinski definition) is 4. The first-order chi connectivity index (χ1) is 13.9. The lowest BCUT2D eigenvalue weighted by molar-refractivity contribution is 0.0947. The highest BCUT2D eigenvalue weighted by Crippen LogP contribution is 2.20. The minimum Gasteiger partial charge on any atom is -0.369 e. The van der Waals surface area contributed by atoms with Crippen LogP contribution < -0.4 is 15.5 Å². The van der Waals surface area contributed by atoms with Gasteiger partial charge in [0.05, 0.1) is 0 Å². The molecule has 0 radical (unpaired) electrons. The van der Waals surface area contributed by atoms with Crippen LogP contribution >= 0.6 is 0 Å². The molecule has 1 aliphatic heterocycles. The Labute approximate surface area is 172 Å². The third-order valence-corrected chi connectivity index (χ3v) is 5.07. The number of amides is 2. The zero-order valence-electron chi connectivity index (χ0n) is 17.4. The first kappa shape index (κ1) is 20.9. The van der Waals surface area contributed by atoms with Gasteiger partial charge >= 0.3 is 0 Å². The zero-order chi connectivity index (χ0) is 20.8. The lowest BCUT2D eigenvalue weighted by Gasteiger charge is -2.34. The molecule has 1 fully saturated rings. The van der Waals surface area contributed by atoms with Crippen molar-refractivity contribution in [2.24, 2.45) is 5.92 Å². The number of carbonyl (C=O) groups excluding carboxylic acids is 2. The Bertz CT molecular complexity index is 823. The van der Waals surface area contributed by atoms with Crippen LogP contribution in [0.4, 0.5) is 11.4 Å². The van der Waals surface area contributed by atoms with Crippen LogP contribution in [0.15, 0.2) is 48.5 Å². The van der Waals surface area contributed by atoms with Crippen LogP contribution in [0.25, 0.3) is 0 Å². The third-order valence-electron chi connectivity index (χ3n) is 5.07. The molecule has 1 saturated heterocycles. The van der Waals surface area contributed by atoms with Crippen molar-refractivity contribution in [3.8, 4) is 0 Å². The number of carbonyl (C=O) groups is 2. The Morgan fingerprint density at radius 3 is 1.97 bits per heavy atom. The molecule has 2 N–H and O–H groups in total. The lowest BCUT2D eigenvalue weighted by atomic mass is 10.1. The predicted octanol–water partition coefficient (Wildman–Crippen LogP) is 3.08. The molecule has 2 amide bonds. The van der Waals surface area contributed by atoms with E-state index in [0.29, 0.717) is 23.6 Å². The van der Waals surface area contributed by atoms with E-state index in [1.165, 1.54) is 5.69 Å². The van der Waals surface area contributed by atoms with E-state index in [-0.39, 0.29) is 11.8 Å². The molecular formula is C23H30N4O2. The van der Waals surface area contributed by atoms with Crippen molar-refractivity contribution in [3.05, 3.63) is 59.7 Å². The smallest absolute Gasteiger partial charge is 0.255 e. The van der Waals surface area contributed by atoms with Crippen LogP contribution in [0.5, 0.6) is 0 Å². The average Bonchev–Trinajstić information content (AvgIpc) is 2.73. The summed E-state index contributed by atoms with van der Waals surface area (Å²) in [6.07, 6.45) is 0. The second-order valence-electron chi connectivity index (χ2n) is 7.97. The predicted molar refractivity (Wildman–Crippen MR) is 118 cm³/mol. The Morgan fingerprint density at radius 2 is 1.41 bits per heavy atom. The van der Waals surface area contributed by atoms with E-state index < -0.39 is 0 Å². The molecule has 6 heteroatoms. The molecule has 29 heavy (non-hydrogen) atoms. The Balaban J connectivity index is 1.56. The van der Waals surface area contributed by atoms with Gasteiger partial charge in [-0.3, -0.25) is 9.59 Å². The number of anilines is 2. The zero-order valence-corrected chi connectivity index (χ0v) is 17.4. The van der Waals surface area contributed by atoms with Crippen LogP contribution in [0.1, 0.15) is 34.6 Å². The van der Waals surface area contributed by atoms with Crippen molar-refractivity contribution in [2.75, 3.05) is 50.0 Å². The third kappa shape index (κ3) is 5.81. The number of likely N-dealkylation sites (N-methyl/N-ethyl adjacent to an activating group) is 1. The topological polar surface area (TPSA) is 64.7 Å². The molecule has 0 bridgehead atoms. The number of piperazine rings is 1. The van der Waals surface area contributed by atoms with Gasteiger partial charge in [0.15, 0.2) is 0 Å². The Kier molecular flexibility index (Phi) is 6.88. The monoisotopic (exact) mass is 394 g/mol. The van der Waals surface area contributed by atoms with Gasteiger partial charge in [-0.05, 0) is 61.5 Å². The van der Waals surface area contributed by atoms with Crippen molar-refractivity contribution in [1.82, 2.24) is 10.2 Å².